The number of hydrogen-bond acceptors (Lipinski definition) is 5. The molecule has 2 N–H and O–H groups in total. The van der Waals surface area contributed by atoms with Crippen LogP contribution in [-0.2, 0) is 20.7 Å². The Bertz CT molecular complexity index is 659. The molecule has 0 aromatic carbocycles. The average molecular weight is 350 g/mol. The minimum absolute atomic E-state index is 0.165. The van der Waals surface area contributed by atoms with Crippen LogP contribution in [0.3, 0.4) is 0 Å². The van der Waals surface area contributed by atoms with Gasteiger partial charge in [-0.3, -0.25) is 4.79 Å². The molecule has 1 aromatic heterocycles. The Morgan fingerprint density at radius 3 is 2.44 bits per heavy atom. The first-order chi connectivity index (χ1) is 11.9. The van der Waals surface area contributed by atoms with Gasteiger partial charge in [-0.25, -0.2) is 9.59 Å². The van der Waals surface area contributed by atoms with Crippen molar-refractivity contribution >= 4 is 17.8 Å². The molecule has 1 aromatic rings. The summed E-state index contributed by atoms with van der Waals surface area (Å²) >= 11 is 0. The molecular formula is C18H26N2O5. The number of esters is 2. The monoisotopic (exact) mass is 350 g/mol. The number of aryl methyl sites for hydroxylation is 1. The Morgan fingerprint density at radius 1 is 1.24 bits per heavy atom. The third-order valence-corrected chi connectivity index (χ3v) is 4.63. The lowest BCUT2D eigenvalue weighted by molar-refractivity contribution is -0.129. The van der Waals surface area contributed by atoms with Gasteiger partial charge < -0.3 is 19.8 Å². The number of rotatable bonds is 6. The van der Waals surface area contributed by atoms with Crippen molar-refractivity contribution in [3.63, 3.8) is 0 Å². The van der Waals surface area contributed by atoms with Gasteiger partial charge in [-0.05, 0) is 38.7 Å². The van der Waals surface area contributed by atoms with E-state index in [0.29, 0.717) is 23.2 Å². The zero-order valence-corrected chi connectivity index (χ0v) is 15.2. The first kappa shape index (κ1) is 19.0. The van der Waals surface area contributed by atoms with Crippen LogP contribution < -0.4 is 5.32 Å². The highest BCUT2D eigenvalue weighted by Crippen LogP contribution is 2.22. The molecule has 0 aliphatic heterocycles. The zero-order valence-electron chi connectivity index (χ0n) is 15.2. The van der Waals surface area contributed by atoms with Crippen LogP contribution in [-0.4, -0.2) is 42.1 Å². The quantitative estimate of drug-likeness (QED) is 0.767. The van der Waals surface area contributed by atoms with E-state index in [9.17, 15) is 14.4 Å². The lowest BCUT2D eigenvalue weighted by Crippen LogP contribution is -2.41. The molecule has 138 valence electrons. The van der Waals surface area contributed by atoms with Gasteiger partial charge in [0.2, 0.25) is 0 Å². The van der Waals surface area contributed by atoms with Crippen LogP contribution in [0.25, 0.3) is 0 Å². The number of H-pyrrole nitrogens is 1. The van der Waals surface area contributed by atoms with E-state index < -0.39 is 18.0 Å². The zero-order chi connectivity index (χ0) is 18.6. The largest absolute Gasteiger partial charge is 0.465 e. The van der Waals surface area contributed by atoms with Crippen LogP contribution in [0.4, 0.5) is 0 Å². The van der Waals surface area contributed by atoms with E-state index in [2.05, 4.69) is 10.3 Å². The standard InChI is InChI=1S/C18H26N2O5/c1-5-13-14(17(22)24-4)10(2)15(20-13)18(23)25-11(3)16(21)19-12-8-6-7-9-12/h11-12,20H,5-9H2,1-4H3,(H,19,21)/t11-/m1/s1. The number of hydrogen-bond donors (Lipinski definition) is 2. The topological polar surface area (TPSA) is 97.5 Å². The fraction of sp³-hybridized carbons (Fsp3) is 0.611. The van der Waals surface area contributed by atoms with Gasteiger partial charge in [0.25, 0.3) is 5.91 Å². The summed E-state index contributed by atoms with van der Waals surface area (Å²) in [7, 11) is 1.29. The maximum Gasteiger partial charge on any atom is 0.355 e. The highest BCUT2D eigenvalue weighted by molar-refractivity contribution is 5.99. The molecule has 7 nitrogen and oxygen atoms in total. The van der Waals surface area contributed by atoms with Crippen molar-refractivity contribution in [3.05, 3.63) is 22.5 Å². The number of aromatic nitrogens is 1. The lowest BCUT2D eigenvalue weighted by Gasteiger charge is -2.17. The number of ether oxygens (including phenoxy) is 2. The van der Waals surface area contributed by atoms with Gasteiger partial charge in [-0.1, -0.05) is 19.8 Å². The second kappa shape index (κ2) is 8.18. The summed E-state index contributed by atoms with van der Waals surface area (Å²) < 4.78 is 10.1. The van der Waals surface area contributed by atoms with Crippen LogP contribution in [0.2, 0.25) is 0 Å². The van der Waals surface area contributed by atoms with Gasteiger partial charge >= 0.3 is 11.9 Å². The summed E-state index contributed by atoms with van der Waals surface area (Å²) in [4.78, 5) is 39.4. The smallest absolute Gasteiger partial charge is 0.355 e. The van der Waals surface area contributed by atoms with E-state index in [-0.39, 0.29) is 17.6 Å². The van der Waals surface area contributed by atoms with Crippen molar-refractivity contribution in [2.75, 3.05) is 7.11 Å². The number of methoxy groups -OCH3 is 1. The number of amides is 1. The summed E-state index contributed by atoms with van der Waals surface area (Å²) in [5.74, 6) is -1.46. The van der Waals surface area contributed by atoms with Crippen molar-refractivity contribution in [1.29, 1.82) is 0 Å². The van der Waals surface area contributed by atoms with Crippen LogP contribution >= 0.6 is 0 Å². The summed E-state index contributed by atoms with van der Waals surface area (Å²) in [5, 5.41) is 2.90. The minimum atomic E-state index is -0.901. The molecule has 2 rings (SSSR count). The Balaban J connectivity index is 2.08. The summed E-state index contributed by atoms with van der Waals surface area (Å²) in [5.41, 5.74) is 1.61. The molecule has 0 unspecified atom stereocenters. The molecule has 7 heteroatoms. The van der Waals surface area contributed by atoms with Gasteiger partial charge in [-0.2, -0.15) is 0 Å². The second-order valence-corrected chi connectivity index (χ2v) is 6.36. The van der Waals surface area contributed by atoms with Gasteiger partial charge in [0.15, 0.2) is 6.10 Å². The SMILES string of the molecule is CCc1[nH]c(C(=O)O[C@H](C)C(=O)NC2CCCC2)c(C)c1C(=O)OC. The molecule has 1 amide bonds. The minimum Gasteiger partial charge on any atom is -0.465 e. The van der Waals surface area contributed by atoms with E-state index in [0.717, 1.165) is 25.7 Å². The Morgan fingerprint density at radius 2 is 1.88 bits per heavy atom. The average Bonchev–Trinajstić information content (AvgIpc) is 3.21. The highest BCUT2D eigenvalue weighted by Gasteiger charge is 2.28. The number of nitrogens with one attached hydrogen (secondary N) is 2. The van der Waals surface area contributed by atoms with Crippen LogP contribution in [0.15, 0.2) is 0 Å². The molecular weight excluding hydrogens is 324 g/mol. The Labute approximate surface area is 147 Å². The van der Waals surface area contributed by atoms with E-state index >= 15 is 0 Å². The normalized spacial score (nSPS) is 15.7. The predicted molar refractivity (Wildman–Crippen MR) is 91.5 cm³/mol. The highest BCUT2D eigenvalue weighted by atomic mass is 16.5. The third kappa shape index (κ3) is 4.21. The van der Waals surface area contributed by atoms with Crippen molar-refractivity contribution in [1.82, 2.24) is 10.3 Å². The fourth-order valence-electron chi connectivity index (χ4n) is 3.17. The number of carbonyl (C=O) groups is 3. The molecule has 0 radical (unpaired) electrons. The van der Waals surface area contributed by atoms with Gasteiger partial charge in [0.05, 0.1) is 12.7 Å². The molecule has 0 saturated heterocycles. The van der Waals surface area contributed by atoms with Crippen LogP contribution in [0.1, 0.15) is 71.6 Å². The molecule has 1 atom stereocenters. The Hall–Kier alpha value is -2.31. The van der Waals surface area contributed by atoms with E-state index in [1.54, 1.807) is 13.8 Å². The maximum atomic E-state index is 12.4. The van der Waals surface area contributed by atoms with Crippen molar-refractivity contribution in [2.45, 2.75) is 65.0 Å². The molecule has 1 aliphatic rings. The van der Waals surface area contributed by atoms with E-state index in [4.69, 9.17) is 9.47 Å². The van der Waals surface area contributed by atoms with Crippen LogP contribution in [0.5, 0.6) is 0 Å². The van der Waals surface area contributed by atoms with Crippen molar-refractivity contribution < 1.29 is 23.9 Å². The second-order valence-electron chi connectivity index (χ2n) is 6.36. The summed E-state index contributed by atoms with van der Waals surface area (Å²) in [6.45, 7) is 5.06. The molecule has 1 aliphatic carbocycles. The molecule has 25 heavy (non-hydrogen) atoms. The molecule has 0 spiro atoms. The van der Waals surface area contributed by atoms with Crippen molar-refractivity contribution in [3.8, 4) is 0 Å². The van der Waals surface area contributed by atoms with Crippen molar-refractivity contribution in [2.24, 2.45) is 0 Å². The molecule has 0 bridgehead atoms. The van der Waals surface area contributed by atoms with E-state index in [1.165, 1.54) is 7.11 Å². The fourth-order valence-corrected chi connectivity index (χ4v) is 3.17. The Kier molecular flexibility index (Phi) is 6.22. The van der Waals surface area contributed by atoms with Crippen LogP contribution in [0, 0.1) is 6.92 Å². The van der Waals surface area contributed by atoms with Gasteiger partial charge in [0, 0.05) is 11.7 Å². The summed E-state index contributed by atoms with van der Waals surface area (Å²) in [6, 6.07) is 0.165. The number of carbonyl (C=O) groups excluding carboxylic acids is 3. The molecule has 1 heterocycles. The third-order valence-electron chi connectivity index (χ3n) is 4.63. The summed E-state index contributed by atoms with van der Waals surface area (Å²) in [6.07, 6.45) is 3.78. The number of aromatic amines is 1. The lowest BCUT2D eigenvalue weighted by atomic mass is 10.1. The van der Waals surface area contributed by atoms with E-state index in [1.807, 2.05) is 6.92 Å². The van der Waals surface area contributed by atoms with Gasteiger partial charge in [0.1, 0.15) is 5.69 Å². The maximum absolute atomic E-state index is 12.4. The molecule has 1 fully saturated rings. The first-order valence-corrected chi connectivity index (χ1v) is 8.70. The van der Waals surface area contributed by atoms with Gasteiger partial charge in [-0.15, -0.1) is 0 Å². The predicted octanol–water partition coefficient (Wildman–Crippen LogP) is 2.28. The first-order valence-electron chi connectivity index (χ1n) is 8.70. The molecule has 1 saturated carbocycles.